The SMILES string of the molecule is CCCCCCCCCCCCCCCCCCCCOCCCCCCCCC. The standard InChI is InChI=1S/C29H60O/c1-3-5-7-9-11-12-13-14-15-16-17-18-19-20-21-23-25-27-29-30-28-26-24-22-10-8-6-4-2/h3-29H2,1-2H3. The summed E-state index contributed by atoms with van der Waals surface area (Å²) in [5.41, 5.74) is 0. The number of hydrogen-bond acceptors (Lipinski definition) is 1. The fourth-order valence-electron chi connectivity index (χ4n) is 4.37. The highest BCUT2D eigenvalue weighted by Gasteiger charge is 1.96. The van der Waals surface area contributed by atoms with E-state index < -0.39 is 0 Å². The van der Waals surface area contributed by atoms with Crippen LogP contribution in [0.5, 0.6) is 0 Å². The van der Waals surface area contributed by atoms with Crippen LogP contribution in [-0.4, -0.2) is 13.2 Å². The number of unbranched alkanes of at least 4 members (excludes halogenated alkanes) is 23. The first-order chi connectivity index (χ1) is 14.9. The maximum atomic E-state index is 5.79. The fourth-order valence-corrected chi connectivity index (χ4v) is 4.37. The summed E-state index contributed by atoms with van der Waals surface area (Å²) in [5, 5.41) is 0. The van der Waals surface area contributed by atoms with Gasteiger partial charge in [0.15, 0.2) is 0 Å². The summed E-state index contributed by atoms with van der Waals surface area (Å²) in [7, 11) is 0. The van der Waals surface area contributed by atoms with Crippen molar-refractivity contribution in [2.24, 2.45) is 0 Å². The first-order valence-corrected chi connectivity index (χ1v) is 14.5. The molecule has 1 heteroatoms. The van der Waals surface area contributed by atoms with E-state index >= 15 is 0 Å². The first kappa shape index (κ1) is 30.0. The molecular weight excluding hydrogens is 364 g/mol. The van der Waals surface area contributed by atoms with Crippen LogP contribution in [0.4, 0.5) is 0 Å². The molecule has 0 aliphatic carbocycles. The highest BCUT2D eigenvalue weighted by molar-refractivity contribution is 4.51. The van der Waals surface area contributed by atoms with Gasteiger partial charge in [-0.25, -0.2) is 0 Å². The maximum absolute atomic E-state index is 5.79. The van der Waals surface area contributed by atoms with Crippen LogP contribution in [0.25, 0.3) is 0 Å². The van der Waals surface area contributed by atoms with Gasteiger partial charge in [0.1, 0.15) is 0 Å². The molecule has 0 aromatic rings. The second-order valence-corrected chi connectivity index (χ2v) is 9.74. The Balaban J connectivity index is 2.97. The van der Waals surface area contributed by atoms with E-state index in [0.29, 0.717) is 0 Å². The van der Waals surface area contributed by atoms with Gasteiger partial charge < -0.3 is 4.74 Å². The van der Waals surface area contributed by atoms with E-state index in [1.165, 1.54) is 161 Å². The number of rotatable bonds is 27. The van der Waals surface area contributed by atoms with Gasteiger partial charge in [0.2, 0.25) is 0 Å². The fraction of sp³-hybridized carbons (Fsp3) is 1.00. The van der Waals surface area contributed by atoms with Crippen LogP contribution in [-0.2, 0) is 4.74 Å². The normalized spacial score (nSPS) is 11.4. The van der Waals surface area contributed by atoms with E-state index in [9.17, 15) is 0 Å². The Morgan fingerprint density at radius 3 is 0.700 bits per heavy atom. The Hall–Kier alpha value is -0.0400. The second-order valence-electron chi connectivity index (χ2n) is 9.74. The van der Waals surface area contributed by atoms with Gasteiger partial charge in [-0.1, -0.05) is 162 Å². The minimum absolute atomic E-state index is 0.993. The third kappa shape index (κ3) is 28.0. The van der Waals surface area contributed by atoms with Gasteiger partial charge in [-0.05, 0) is 12.8 Å². The summed E-state index contributed by atoms with van der Waals surface area (Å²) in [5.74, 6) is 0. The van der Waals surface area contributed by atoms with Crippen molar-refractivity contribution in [2.45, 2.75) is 174 Å². The van der Waals surface area contributed by atoms with E-state index in [2.05, 4.69) is 13.8 Å². The van der Waals surface area contributed by atoms with Crippen molar-refractivity contribution in [1.29, 1.82) is 0 Å². The summed E-state index contributed by atoms with van der Waals surface area (Å²) in [6, 6.07) is 0. The highest BCUT2D eigenvalue weighted by Crippen LogP contribution is 2.14. The van der Waals surface area contributed by atoms with Crippen LogP contribution < -0.4 is 0 Å². The molecule has 0 aliphatic rings. The summed E-state index contributed by atoms with van der Waals surface area (Å²) in [6.45, 7) is 6.57. The predicted molar refractivity (Wildman–Crippen MR) is 138 cm³/mol. The van der Waals surface area contributed by atoms with Crippen molar-refractivity contribution in [3.05, 3.63) is 0 Å². The van der Waals surface area contributed by atoms with Gasteiger partial charge in [-0.3, -0.25) is 0 Å². The molecule has 0 aromatic carbocycles. The minimum Gasteiger partial charge on any atom is -0.381 e. The molecule has 0 heterocycles. The third-order valence-corrected chi connectivity index (χ3v) is 6.53. The van der Waals surface area contributed by atoms with Crippen molar-refractivity contribution in [3.8, 4) is 0 Å². The smallest absolute Gasteiger partial charge is 0.0466 e. The first-order valence-electron chi connectivity index (χ1n) is 14.5. The maximum Gasteiger partial charge on any atom is 0.0466 e. The van der Waals surface area contributed by atoms with Crippen LogP contribution in [0.15, 0.2) is 0 Å². The molecule has 0 saturated carbocycles. The van der Waals surface area contributed by atoms with E-state index in [1.807, 2.05) is 0 Å². The quantitative estimate of drug-likeness (QED) is 0.119. The van der Waals surface area contributed by atoms with E-state index in [0.717, 1.165) is 13.2 Å². The number of hydrogen-bond donors (Lipinski definition) is 0. The van der Waals surface area contributed by atoms with Crippen molar-refractivity contribution in [2.75, 3.05) is 13.2 Å². The molecule has 0 fully saturated rings. The summed E-state index contributed by atoms with van der Waals surface area (Å²) in [6.07, 6.45) is 35.6. The van der Waals surface area contributed by atoms with Crippen LogP contribution in [0.2, 0.25) is 0 Å². The zero-order chi connectivity index (χ0) is 21.8. The Kier molecular flexibility index (Phi) is 28.9. The van der Waals surface area contributed by atoms with Crippen LogP contribution in [0.1, 0.15) is 174 Å². The van der Waals surface area contributed by atoms with Crippen LogP contribution in [0.3, 0.4) is 0 Å². The summed E-state index contributed by atoms with van der Waals surface area (Å²) < 4.78 is 5.79. The van der Waals surface area contributed by atoms with Crippen LogP contribution in [0, 0.1) is 0 Å². The third-order valence-electron chi connectivity index (χ3n) is 6.53. The van der Waals surface area contributed by atoms with Gasteiger partial charge in [-0.2, -0.15) is 0 Å². The second kappa shape index (κ2) is 29.0. The molecule has 0 N–H and O–H groups in total. The Morgan fingerprint density at radius 1 is 0.267 bits per heavy atom. The zero-order valence-corrected chi connectivity index (χ0v) is 21.5. The number of ether oxygens (including phenoxy) is 1. The van der Waals surface area contributed by atoms with Crippen molar-refractivity contribution < 1.29 is 4.74 Å². The lowest BCUT2D eigenvalue weighted by Crippen LogP contribution is -1.97. The lowest BCUT2D eigenvalue weighted by Gasteiger charge is -2.05. The molecule has 0 aliphatic heterocycles. The molecule has 0 saturated heterocycles. The average Bonchev–Trinajstić information content (AvgIpc) is 2.76. The molecule has 0 aromatic heterocycles. The van der Waals surface area contributed by atoms with Gasteiger partial charge in [0.05, 0.1) is 0 Å². The lowest BCUT2D eigenvalue weighted by atomic mass is 10.0. The molecule has 1 nitrogen and oxygen atoms in total. The average molecular weight is 425 g/mol. The summed E-state index contributed by atoms with van der Waals surface area (Å²) >= 11 is 0. The van der Waals surface area contributed by atoms with Gasteiger partial charge >= 0.3 is 0 Å². The van der Waals surface area contributed by atoms with Crippen molar-refractivity contribution in [1.82, 2.24) is 0 Å². The molecule has 30 heavy (non-hydrogen) atoms. The van der Waals surface area contributed by atoms with Crippen LogP contribution >= 0.6 is 0 Å². The van der Waals surface area contributed by atoms with E-state index in [4.69, 9.17) is 4.74 Å². The Morgan fingerprint density at radius 2 is 0.467 bits per heavy atom. The highest BCUT2D eigenvalue weighted by atomic mass is 16.5. The molecule has 0 radical (unpaired) electrons. The monoisotopic (exact) mass is 424 g/mol. The molecule has 0 bridgehead atoms. The molecule has 0 amide bonds. The van der Waals surface area contributed by atoms with Crippen molar-refractivity contribution in [3.63, 3.8) is 0 Å². The largest absolute Gasteiger partial charge is 0.381 e. The topological polar surface area (TPSA) is 9.23 Å². The predicted octanol–water partition coefficient (Wildman–Crippen LogP) is 10.8. The molecule has 0 rings (SSSR count). The minimum atomic E-state index is 0.993. The van der Waals surface area contributed by atoms with Crippen molar-refractivity contribution >= 4 is 0 Å². The molecular formula is C29H60O. The Labute approximate surface area is 192 Å². The molecule has 0 atom stereocenters. The summed E-state index contributed by atoms with van der Waals surface area (Å²) in [4.78, 5) is 0. The van der Waals surface area contributed by atoms with Gasteiger partial charge in [0.25, 0.3) is 0 Å². The van der Waals surface area contributed by atoms with Gasteiger partial charge in [-0.15, -0.1) is 0 Å². The molecule has 182 valence electrons. The zero-order valence-electron chi connectivity index (χ0n) is 21.5. The molecule has 0 spiro atoms. The lowest BCUT2D eigenvalue weighted by molar-refractivity contribution is 0.125. The van der Waals surface area contributed by atoms with E-state index in [1.54, 1.807) is 0 Å². The molecule has 0 unspecified atom stereocenters. The van der Waals surface area contributed by atoms with Gasteiger partial charge in [0, 0.05) is 13.2 Å². The Bertz CT molecular complexity index is 248. The van der Waals surface area contributed by atoms with E-state index in [-0.39, 0.29) is 0 Å².